The minimum atomic E-state index is -0.148. The van der Waals surface area contributed by atoms with Crippen molar-refractivity contribution in [2.75, 3.05) is 31.2 Å². The summed E-state index contributed by atoms with van der Waals surface area (Å²) in [6.45, 7) is 3.55. The molecule has 2 N–H and O–H groups in total. The maximum Gasteiger partial charge on any atom is 0.0664 e. The number of nitrogens with two attached hydrogens (primary N) is 1. The molecule has 3 rings (SSSR count). The molecule has 92 valence electrons. The molecular formula is C14H20N2O. The average Bonchev–Trinajstić information content (AvgIpc) is 2.76. The van der Waals surface area contributed by atoms with Crippen molar-refractivity contribution in [1.82, 2.24) is 0 Å². The van der Waals surface area contributed by atoms with Gasteiger partial charge >= 0.3 is 0 Å². The topological polar surface area (TPSA) is 38.5 Å². The Balaban J connectivity index is 1.81. The molecule has 1 aromatic rings. The van der Waals surface area contributed by atoms with Crippen LogP contribution in [0.4, 0.5) is 5.69 Å². The van der Waals surface area contributed by atoms with E-state index in [0.717, 1.165) is 26.1 Å². The first-order valence-corrected chi connectivity index (χ1v) is 6.46. The van der Waals surface area contributed by atoms with E-state index in [0.29, 0.717) is 6.61 Å². The van der Waals surface area contributed by atoms with E-state index in [1.165, 1.54) is 24.1 Å². The summed E-state index contributed by atoms with van der Waals surface area (Å²) < 4.78 is 5.44. The molecule has 3 nitrogen and oxygen atoms in total. The quantitative estimate of drug-likeness (QED) is 0.841. The van der Waals surface area contributed by atoms with E-state index in [9.17, 15) is 0 Å². The summed E-state index contributed by atoms with van der Waals surface area (Å²) in [4.78, 5) is 2.44. The van der Waals surface area contributed by atoms with Crippen molar-refractivity contribution in [3.05, 3.63) is 29.8 Å². The fraction of sp³-hybridized carbons (Fsp3) is 0.571. The molecule has 0 radical (unpaired) electrons. The number of para-hydroxylation sites is 1. The summed E-state index contributed by atoms with van der Waals surface area (Å²) in [6.07, 6.45) is 3.40. The standard InChI is InChI=1S/C14H20N2O/c15-14(7-9-17-11-14)10-16-8-3-5-12-4-1-2-6-13(12)16/h1-2,4,6H,3,5,7-11,15H2. The molecule has 1 fully saturated rings. The summed E-state index contributed by atoms with van der Waals surface area (Å²) >= 11 is 0. The zero-order valence-corrected chi connectivity index (χ0v) is 10.2. The molecular weight excluding hydrogens is 212 g/mol. The third kappa shape index (κ3) is 2.17. The Kier molecular flexibility index (Phi) is 2.81. The number of anilines is 1. The van der Waals surface area contributed by atoms with Gasteiger partial charge in [0.25, 0.3) is 0 Å². The number of benzene rings is 1. The Morgan fingerprint density at radius 1 is 1.35 bits per heavy atom. The molecule has 0 amide bonds. The van der Waals surface area contributed by atoms with Crippen LogP contribution in [0.1, 0.15) is 18.4 Å². The van der Waals surface area contributed by atoms with Crippen molar-refractivity contribution in [3.8, 4) is 0 Å². The van der Waals surface area contributed by atoms with Crippen LogP contribution in [0.15, 0.2) is 24.3 Å². The molecule has 2 aliphatic rings. The van der Waals surface area contributed by atoms with Crippen molar-refractivity contribution in [2.24, 2.45) is 5.73 Å². The first kappa shape index (κ1) is 11.1. The maximum absolute atomic E-state index is 6.38. The minimum absolute atomic E-state index is 0.148. The lowest BCUT2D eigenvalue weighted by atomic mass is 9.96. The van der Waals surface area contributed by atoms with Gasteiger partial charge in [-0.2, -0.15) is 0 Å². The lowest BCUT2D eigenvalue weighted by Gasteiger charge is -2.36. The van der Waals surface area contributed by atoms with Gasteiger partial charge in [-0.05, 0) is 30.9 Å². The molecule has 17 heavy (non-hydrogen) atoms. The van der Waals surface area contributed by atoms with Gasteiger partial charge < -0.3 is 15.4 Å². The number of hydrogen-bond acceptors (Lipinski definition) is 3. The Bertz CT molecular complexity index is 399. The molecule has 0 aliphatic carbocycles. The smallest absolute Gasteiger partial charge is 0.0664 e. The molecule has 1 aromatic carbocycles. The average molecular weight is 232 g/mol. The molecule has 0 aromatic heterocycles. The van der Waals surface area contributed by atoms with Crippen molar-refractivity contribution in [1.29, 1.82) is 0 Å². The third-order valence-corrected chi connectivity index (χ3v) is 3.85. The zero-order chi connectivity index (χ0) is 11.7. The van der Waals surface area contributed by atoms with Crippen LogP contribution in [0, 0.1) is 0 Å². The monoisotopic (exact) mass is 232 g/mol. The lowest BCUT2D eigenvalue weighted by Crippen LogP contribution is -2.52. The Morgan fingerprint density at radius 3 is 3.06 bits per heavy atom. The zero-order valence-electron chi connectivity index (χ0n) is 10.2. The highest BCUT2D eigenvalue weighted by atomic mass is 16.5. The van der Waals surface area contributed by atoms with Crippen LogP contribution in [0.5, 0.6) is 0 Å². The minimum Gasteiger partial charge on any atom is -0.379 e. The normalized spacial score (nSPS) is 28.2. The summed E-state index contributed by atoms with van der Waals surface area (Å²) in [5.41, 5.74) is 9.06. The number of rotatable bonds is 2. The highest BCUT2D eigenvalue weighted by molar-refractivity contribution is 5.55. The summed E-state index contributed by atoms with van der Waals surface area (Å²) in [7, 11) is 0. The van der Waals surface area contributed by atoms with Gasteiger partial charge in [-0.15, -0.1) is 0 Å². The van der Waals surface area contributed by atoms with E-state index in [1.54, 1.807) is 0 Å². The van der Waals surface area contributed by atoms with Crippen molar-refractivity contribution in [2.45, 2.75) is 24.8 Å². The van der Waals surface area contributed by atoms with Gasteiger partial charge in [0.1, 0.15) is 0 Å². The number of nitrogens with zero attached hydrogens (tertiary/aromatic N) is 1. The second-order valence-electron chi connectivity index (χ2n) is 5.32. The van der Waals surface area contributed by atoms with Crippen molar-refractivity contribution >= 4 is 5.69 Å². The molecule has 3 heteroatoms. The van der Waals surface area contributed by atoms with E-state index in [-0.39, 0.29) is 5.54 Å². The SMILES string of the molecule is NC1(CN2CCCc3ccccc32)CCOC1. The van der Waals surface area contributed by atoms with Gasteiger partial charge in [-0.3, -0.25) is 0 Å². The summed E-state index contributed by atoms with van der Waals surface area (Å²) in [5, 5.41) is 0. The van der Waals surface area contributed by atoms with Crippen molar-refractivity contribution in [3.63, 3.8) is 0 Å². The lowest BCUT2D eigenvalue weighted by molar-refractivity contribution is 0.179. The first-order valence-electron chi connectivity index (χ1n) is 6.46. The largest absolute Gasteiger partial charge is 0.379 e. The first-order chi connectivity index (χ1) is 8.27. The number of aryl methyl sites for hydroxylation is 1. The van der Waals surface area contributed by atoms with Crippen LogP contribution in [-0.4, -0.2) is 31.8 Å². The van der Waals surface area contributed by atoms with Crippen LogP contribution in [0.25, 0.3) is 0 Å². The highest BCUT2D eigenvalue weighted by Gasteiger charge is 2.33. The Labute approximate surface area is 103 Å². The second-order valence-corrected chi connectivity index (χ2v) is 5.32. The molecule has 0 spiro atoms. The molecule has 1 unspecified atom stereocenters. The second kappa shape index (κ2) is 4.31. The van der Waals surface area contributed by atoms with E-state index in [1.807, 2.05) is 0 Å². The van der Waals surface area contributed by atoms with Gasteiger partial charge in [-0.1, -0.05) is 18.2 Å². The van der Waals surface area contributed by atoms with E-state index < -0.39 is 0 Å². The van der Waals surface area contributed by atoms with Crippen LogP contribution in [0.3, 0.4) is 0 Å². The van der Waals surface area contributed by atoms with Gasteiger partial charge in [-0.25, -0.2) is 0 Å². The molecule has 2 aliphatic heterocycles. The van der Waals surface area contributed by atoms with Crippen LogP contribution < -0.4 is 10.6 Å². The summed E-state index contributed by atoms with van der Waals surface area (Å²) in [6, 6.07) is 8.69. The Morgan fingerprint density at radius 2 is 2.24 bits per heavy atom. The number of hydrogen-bond donors (Lipinski definition) is 1. The molecule has 1 atom stereocenters. The number of ether oxygens (including phenoxy) is 1. The Hall–Kier alpha value is -1.06. The van der Waals surface area contributed by atoms with E-state index in [2.05, 4.69) is 29.2 Å². The molecule has 0 saturated carbocycles. The van der Waals surface area contributed by atoms with Crippen LogP contribution in [0.2, 0.25) is 0 Å². The summed E-state index contributed by atoms with van der Waals surface area (Å²) in [5.74, 6) is 0. The van der Waals surface area contributed by atoms with E-state index >= 15 is 0 Å². The maximum atomic E-state index is 6.38. The van der Waals surface area contributed by atoms with Gasteiger partial charge in [0.15, 0.2) is 0 Å². The molecule has 0 bridgehead atoms. The number of fused-ring (bicyclic) bond motifs is 1. The fourth-order valence-electron chi connectivity index (χ4n) is 2.90. The predicted octanol–water partition coefficient (Wildman–Crippen LogP) is 1.56. The fourth-order valence-corrected chi connectivity index (χ4v) is 2.90. The van der Waals surface area contributed by atoms with Gasteiger partial charge in [0, 0.05) is 25.4 Å². The predicted molar refractivity (Wildman–Crippen MR) is 69.3 cm³/mol. The van der Waals surface area contributed by atoms with Crippen LogP contribution >= 0.6 is 0 Å². The van der Waals surface area contributed by atoms with E-state index in [4.69, 9.17) is 10.5 Å². The molecule has 2 heterocycles. The van der Waals surface area contributed by atoms with Gasteiger partial charge in [0.2, 0.25) is 0 Å². The third-order valence-electron chi connectivity index (χ3n) is 3.85. The van der Waals surface area contributed by atoms with Crippen molar-refractivity contribution < 1.29 is 4.74 Å². The van der Waals surface area contributed by atoms with Gasteiger partial charge in [0.05, 0.1) is 12.1 Å². The van der Waals surface area contributed by atoms with Crippen LogP contribution in [-0.2, 0) is 11.2 Å². The molecule has 1 saturated heterocycles. The highest BCUT2D eigenvalue weighted by Crippen LogP contribution is 2.29.